The minimum absolute atomic E-state index is 0.0649. The van der Waals surface area contributed by atoms with Crippen molar-refractivity contribution in [2.45, 2.75) is 6.04 Å². The Kier molecular flexibility index (Phi) is 3.10. The van der Waals surface area contributed by atoms with Crippen molar-refractivity contribution in [2.24, 2.45) is 0 Å². The van der Waals surface area contributed by atoms with E-state index in [9.17, 15) is 9.50 Å². The first-order chi connectivity index (χ1) is 9.67. The number of hydrogen-bond acceptors (Lipinski definition) is 4. The zero-order valence-corrected chi connectivity index (χ0v) is 10.9. The summed E-state index contributed by atoms with van der Waals surface area (Å²) in [5.41, 5.74) is 1.65. The van der Waals surface area contributed by atoms with Crippen LogP contribution >= 0.6 is 0 Å². The Morgan fingerprint density at radius 1 is 1.30 bits per heavy atom. The van der Waals surface area contributed by atoms with Crippen LogP contribution in [0.5, 0.6) is 17.2 Å². The van der Waals surface area contributed by atoms with E-state index in [2.05, 4.69) is 5.32 Å². The third kappa shape index (κ3) is 2.22. The lowest BCUT2D eigenvalue weighted by molar-refractivity contribution is 0.337. The fourth-order valence-electron chi connectivity index (χ4n) is 2.29. The van der Waals surface area contributed by atoms with E-state index in [-0.39, 0.29) is 17.6 Å². The highest BCUT2D eigenvalue weighted by molar-refractivity contribution is 5.59. The lowest BCUT2D eigenvalue weighted by Gasteiger charge is -2.16. The van der Waals surface area contributed by atoms with Crippen molar-refractivity contribution >= 4 is 5.69 Å². The minimum Gasteiger partial charge on any atom is -0.508 e. The van der Waals surface area contributed by atoms with Gasteiger partial charge in [-0.1, -0.05) is 0 Å². The third-order valence-corrected chi connectivity index (χ3v) is 3.27. The molecule has 0 amide bonds. The van der Waals surface area contributed by atoms with Gasteiger partial charge in [-0.05, 0) is 24.3 Å². The maximum absolute atomic E-state index is 13.2. The molecule has 0 aromatic heterocycles. The highest BCUT2D eigenvalue weighted by Crippen LogP contribution is 2.38. The number of phenols is 1. The van der Waals surface area contributed by atoms with Crippen LogP contribution in [-0.2, 0) is 0 Å². The largest absolute Gasteiger partial charge is 0.508 e. The van der Waals surface area contributed by atoms with Crippen LogP contribution in [0.3, 0.4) is 0 Å². The van der Waals surface area contributed by atoms with Crippen molar-refractivity contribution < 1.29 is 19.0 Å². The van der Waals surface area contributed by atoms with E-state index >= 15 is 0 Å². The number of hydrogen-bond donors (Lipinski definition) is 2. The molecule has 1 aliphatic heterocycles. The normalized spacial score (nSPS) is 16.4. The number of nitrogens with one attached hydrogen (secondary N) is 1. The van der Waals surface area contributed by atoms with Crippen LogP contribution in [0.1, 0.15) is 11.6 Å². The maximum Gasteiger partial charge on any atom is 0.144 e. The van der Waals surface area contributed by atoms with Gasteiger partial charge in [-0.15, -0.1) is 0 Å². The molecule has 104 valence electrons. The van der Waals surface area contributed by atoms with Crippen LogP contribution in [0.2, 0.25) is 0 Å². The van der Waals surface area contributed by atoms with Gasteiger partial charge in [0.25, 0.3) is 0 Å². The van der Waals surface area contributed by atoms with E-state index < -0.39 is 0 Å². The van der Waals surface area contributed by atoms with Crippen LogP contribution in [-0.4, -0.2) is 18.8 Å². The summed E-state index contributed by atoms with van der Waals surface area (Å²) in [5, 5.41) is 12.7. The van der Waals surface area contributed by atoms with Gasteiger partial charge in [-0.2, -0.15) is 0 Å². The molecular formula is C15H14FNO3. The summed E-state index contributed by atoms with van der Waals surface area (Å²) < 4.78 is 23.9. The maximum atomic E-state index is 13.2. The van der Waals surface area contributed by atoms with Gasteiger partial charge in [0.1, 0.15) is 29.7 Å². The molecule has 1 unspecified atom stereocenters. The van der Waals surface area contributed by atoms with E-state index in [1.54, 1.807) is 18.2 Å². The van der Waals surface area contributed by atoms with Gasteiger partial charge in [0.05, 0.1) is 18.8 Å². The molecule has 0 spiro atoms. The second kappa shape index (κ2) is 4.92. The number of methoxy groups -OCH3 is 1. The second-order valence-electron chi connectivity index (χ2n) is 4.57. The molecule has 0 saturated carbocycles. The zero-order chi connectivity index (χ0) is 14.1. The molecular weight excluding hydrogens is 261 g/mol. The summed E-state index contributed by atoms with van der Waals surface area (Å²) in [6, 6.07) is 9.28. The van der Waals surface area contributed by atoms with Crippen LogP contribution in [0, 0.1) is 5.82 Å². The van der Waals surface area contributed by atoms with E-state index in [0.29, 0.717) is 23.8 Å². The number of fused-ring (bicyclic) bond motifs is 1. The van der Waals surface area contributed by atoms with Crippen molar-refractivity contribution in [1.29, 1.82) is 0 Å². The Labute approximate surface area is 115 Å². The summed E-state index contributed by atoms with van der Waals surface area (Å²) >= 11 is 0. The molecule has 0 radical (unpaired) electrons. The van der Waals surface area contributed by atoms with Gasteiger partial charge >= 0.3 is 0 Å². The molecule has 2 aromatic rings. The summed E-state index contributed by atoms with van der Waals surface area (Å²) in [4.78, 5) is 0. The molecule has 0 aliphatic carbocycles. The Morgan fingerprint density at radius 3 is 2.95 bits per heavy atom. The molecule has 2 N–H and O–H groups in total. The standard InChI is InChI=1S/C15H14FNO3/c1-19-15-6-9(16)2-5-12(15)17-13-8-20-14-7-10(18)3-4-11(13)14/h2-7,13,17-18H,8H2,1H3. The number of rotatable bonds is 3. The van der Waals surface area contributed by atoms with Gasteiger partial charge < -0.3 is 19.9 Å². The van der Waals surface area contributed by atoms with Gasteiger partial charge in [0.15, 0.2) is 0 Å². The SMILES string of the molecule is COc1cc(F)ccc1NC1COc2cc(O)ccc21. The number of halogens is 1. The molecule has 20 heavy (non-hydrogen) atoms. The topological polar surface area (TPSA) is 50.7 Å². The molecule has 5 heteroatoms. The van der Waals surface area contributed by atoms with E-state index in [1.807, 2.05) is 6.07 Å². The molecule has 1 aliphatic rings. The van der Waals surface area contributed by atoms with E-state index in [0.717, 1.165) is 5.56 Å². The lowest BCUT2D eigenvalue weighted by atomic mass is 10.1. The molecule has 1 heterocycles. The number of anilines is 1. The molecule has 4 nitrogen and oxygen atoms in total. The summed E-state index contributed by atoms with van der Waals surface area (Å²) in [6.07, 6.45) is 0. The van der Waals surface area contributed by atoms with Gasteiger partial charge in [0, 0.05) is 17.7 Å². The average Bonchev–Trinajstić information content (AvgIpc) is 2.83. The fraction of sp³-hybridized carbons (Fsp3) is 0.200. The highest BCUT2D eigenvalue weighted by Gasteiger charge is 2.25. The summed E-state index contributed by atoms with van der Waals surface area (Å²) in [6.45, 7) is 0.444. The second-order valence-corrected chi connectivity index (χ2v) is 4.57. The Bertz CT molecular complexity index is 645. The van der Waals surface area contributed by atoms with E-state index in [4.69, 9.17) is 9.47 Å². The van der Waals surface area contributed by atoms with Crippen molar-refractivity contribution in [3.63, 3.8) is 0 Å². The van der Waals surface area contributed by atoms with Crippen molar-refractivity contribution in [3.8, 4) is 17.2 Å². The van der Waals surface area contributed by atoms with Crippen LogP contribution in [0.25, 0.3) is 0 Å². The van der Waals surface area contributed by atoms with Crippen LogP contribution < -0.4 is 14.8 Å². The molecule has 0 bridgehead atoms. The van der Waals surface area contributed by atoms with E-state index in [1.165, 1.54) is 19.2 Å². The lowest BCUT2D eigenvalue weighted by Crippen LogP contribution is -2.12. The quantitative estimate of drug-likeness (QED) is 0.903. The minimum atomic E-state index is -0.347. The smallest absolute Gasteiger partial charge is 0.144 e. The first-order valence-electron chi connectivity index (χ1n) is 6.23. The van der Waals surface area contributed by atoms with Gasteiger partial charge in [-0.25, -0.2) is 4.39 Å². The summed E-state index contributed by atoms with van der Waals surface area (Å²) in [7, 11) is 1.50. The first-order valence-corrected chi connectivity index (χ1v) is 6.23. The summed E-state index contributed by atoms with van der Waals surface area (Å²) in [5.74, 6) is 0.921. The van der Waals surface area contributed by atoms with Crippen molar-refractivity contribution in [2.75, 3.05) is 19.0 Å². The zero-order valence-electron chi connectivity index (χ0n) is 10.9. The highest BCUT2D eigenvalue weighted by atomic mass is 19.1. The predicted molar refractivity (Wildman–Crippen MR) is 72.9 cm³/mol. The number of ether oxygens (including phenoxy) is 2. The van der Waals surface area contributed by atoms with Crippen molar-refractivity contribution in [1.82, 2.24) is 0 Å². The number of phenolic OH excluding ortho intramolecular Hbond substituents is 1. The molecule has 3 rings (SSSR count). The first kappa shape index (κ1) is 12.6. The van der Waals surface area contributed by atoms with Crippen LogP contribution in [0.4, 0.5) is 10.1 Å². The van der Waals surface area contributed by atoms with Gasteiger partial charge in [-0.3, -0.25) is 0 Å². The van der Waals surface area contributed by atoms with Crippen molar-refractivity contribution in [3.05, 3.63) is 47.8 Å². The van der Waals surface area contributed by atoms with Crippen LogP contribution in [0.15, 0.2) is 36.4 Å². The molecule has 1 atom stereocenters. The average molecular weight is 275 g/mol. The fourth-order valence-corrected chi connectivity index (χ4v) is 2.29. The Hall–Kier alpha value is -2.43. The number of aromatic hydroxyl groups is 1. The Morgan fingerprint density at radius 2 is 2.15 bits per heavy atom. The molecule has 0 saturated heterocycles. The monoisotopic (exact) mass is 275 g/mol. The van der Waals surface area contributed by atoms with Gasteiger partial charge in [0.2, 0.25) is 0 Å². The Balaban J connectivity index is 1.87. The molecule has 0 fully saturated rings. The molecule has 2 aromatic carbocycles. The number of benzene rings is 2. The third-order valence-electron chi connectivity index (χ3n) is 3.27. The predicted octanol–water partition coefficient (Wildman–Crippen LogP) is 3.09.